The van der Waals surface area contributed by atoms with Crippen molar-refractivity contribution in [3.63, 3.8) is 0 Å². The lowest BCUT2D eigenvalue weighted by atomic mass is 10.6. The number of halogens is 2. The quantitative estimate of drug-likeness (QED) is 0.579. The molecule has 2 heterocycles. The zero-order valence-corrected chi connectivity index (χ0v) is 12.5. The summed E-state index contributed by atoms with van der Waals surface area (Å²) in [4.78, 5) is 9.65. The molecule has 2 N–H and O–H groups in total. The molecule has 0 bridgehead atoms. The summed E-state index contributed by atoms with van der Waals surface area (Å²) in [5.41, 5.74) is 6.37. The van der Waals surface area contributed by atoms with E-state index in [1.807, 2.05) is 11.4 Å². The van der Waals surface area contributed by atoms with Gasteiger partial charge in [-0.2, -0.15) is 0 Å². The van der Waals surface area contributed by atoms with Crippen LogP contribution < -0.4 is 5.73 Å². The zero-order chi connectivity index (χ0) is 12.1. The summed E-state index contributed by atoms with van der Waals surface area (Å²) in [6, 6.07) is 3.34. The maximum Gasteiger partial charge on any atom is 0.294 e. The molecule has 0 aliphatic rings. The van der Waals surface area contributed by atoms with Crippen molar-refractivity contribution in [3.05, 3.63) is 40.6 Å². The molecule has 2 aromatic heterocycles. The first-order valence-electron chi connectivity index (χ1n) is 3.88. The number of hydrogen-bond acceptors (Lipinski definition) is 5. The summed E-state index contributed by atoms with van der Waals surface area (Å²) in [5, 5.41) is 13.7. The average Bonchev–Trinajstić information content (AvgIpc) is 2.78. The van der Waals surface area contributed by atoms with Crippen LogP contribution in [-0.4, -0.2) is 4.92 Å². The van der Waals surface area contributed by atoms with Crippen LogP contribution in [0.4, 0.5) is 11.4 Å². The van der Waals surface area contributed by atoms with Crippen molar-refractivity contribution in [3.8, 4) is 0 Å². The number of thiophene rings is 2. The molecule has 8 heteroatoms. The lowest BCUT2D eigenvalue weighted by Gasteiger charge is -1.82. The summed E-state index contributed by atoms with van der Waals surface area (Å²) in [5.74, 6) is 0. The molecule has 16 heavy (non-hydrogen) atoms. The smallest absolute Gasteiger partial charge is 0.294 e. The number of nitrogens with zero attached hydrogens (tertiary/aromatic N) is 1. The first-order valence-corrected chi connectivity index (χ1v) is 7.22. The highest BCUT2D eigenvalue weighted by Gasteiger charge is 2.10. The molecular weight excluding hydrogens is 380 g/mol. The lowest BCUT2D eigenvalue weighted by molar-refractivity contribution is -0.385. The molecule has 0 aliphatic carbocycles. The number of rotatable bonds is 1. The Bertz CT molecular complexity index is 467. The monoisotopic (exact) mass is 384 g/mol. The number of nitro groups is 1. The van der Waals surface area contributed by atoms with E-state index in [-0.39, 0.29) is 5.69 Å². The van der Waals surface area contributed by atoms with Crippen LogP contribution in [0.1, 0.15) is 0 Å². The molecular formula is C8H6Br2N2O2S2. The third kappa shape index (κ3) is 3.85. The van der Waals surface area contributed by atoms with Crippen LogP contribution in [0.25, 0.3) is 0 Å². The average molecular weight is 386 g/mol. The van der Waals surface area contributed by atoms with Gasteiger partial charge >= 0.3 is 0 Å². The fourth-order valence-electron chi connectivity index (χ4n) is 0.717. The van der Waals surface area contributed by atoms with E-state index in [2.05, 4.69) is 31.9 Å². The Morgan fingerprint density at radius 2 is 1.75 bits per heavy atom. The molecule has 0 spiro atoms. The van der Waals surface area contributed by atoms with E-state index in [1.165, 1.54) is 17.4 Å². The Labute approximate surface area is 117 Å². The second kappa shape index (κ2) is 6.33. The highest BCUT2D eigenvalue weighted by Crippen LogP contribution is 2.29. The van der Waals surface area contributed by atoms with Crippen molar-refractivity contribution in [1.82, 2.24) is 0 Å². The third-order valence-corrected chi connectivity index (χ3v) is 4.83. The summed E-state index contributed by atoms with van der Waals surface area (Å²) in [6.45, 7) is 0. The van der Waals surface area contributed by atoms with E-state index in [4.69, 9.17) is 5.73 Å². The molecule has 0 amide bonds. The Hall–Kier alpha value is -0.440. The van der Waals surface area contributed by atoms with Gasteiger partial charge in [0, 0.05) is 6.07 Å². The molecule has 2 rings (SSSR count). The van der Waals surface area contributed by atoms with Gasteiger partial charge in [-0.15, -0.1) is 22.7 Å². The summed E-state index contributed by atoms with van der Waals surface area (Å²) < 4.78 is 1.60. The van der Waals surface area contributed by atoms with E-state index in [1.54, 1.807) is 16.7 Å². The van der Waals surface area contributed by atoms with Crippen LogP contribution in [0.5, 0.6) is 0 Å². The van der Waals surface area contributed by atoms with E-state index in [0.717, 1.165) is 9.47 Å². The maximum absolute atomic E-state index is 10.1. The normalized spacial score (nSPS) is 9.38. The van der Waals surface area contributed by atoms with Gasteiger partial charge in [-0.3, -0.25) is 10.1 Å². The standard InChI is InChI=1S/C4H2BrNO2S.C4H4BrNS/c5-4-3(6(7)8)1-2-9-4;5-4-3(6)1-2-7-4/h1-2H;1-2H,6H2. The fraction of sp³-hybridized carbons (Fsp3) is 0. The molecule has 0 aromatic carbocycles. The Morgan fingerprint density at radius 3 is 1.94 bits per heavy atom. The number of nitrogens with two attached hydrogens (primary N) is 1. The number of anilines is 1. The van der Waals surface area contributed by atoms with E-state index >= 15 is 0 Å². The summed E-state index contributed by atoms with van der Waals surface area (Å²) >= 11 is 9.21. The van der Waals surface area contributed by atoms with Gasteiger partial charge in [0.25, 0.3) is 5.69 Å². The van der Waals surface area contributed by atoms with E-state index in [9.17, 15) is 10.1 Å². The largest absolute Gasteiger partial charge is 0.397 e. The maximum atomic E-state index is 10.1. The van der Waals surface area contributed by atoms with Gasteiger partial charge in [-0.05, 0) is 48.7 Å². The van der Waals surface area contributed by atoms with Gasteiger partial charge in [0.05, 0.1) is 14.4 Å². The predicted octanol–water partition coefficient (Wildman–Crippen LogP) is 4.51. The van der Waals surface area contributed by atoms with Crippen LogP contribution >= 0.6 is 54.5 Å². The molecule has 2 aromatic rings. The van der Waals surface area contributed by atoms with Crippen molar-refractivity contribution in [2.24, 2.45) is 0 Å². The van der Waals surface area contributed by atoms with Crippen molar-refractivity contribution < 1.29 is 4.92 Å². The van der Waals surface area contributed by atoms with Gasteiger partial charge < -0.3 is 5.73 Å². The van der Waals surface area contributed by atoms with Gasteiger partial charge in [0.15, 0.2) is 0 Å². The van der Waals surface area contributed by atoms with E-state index < -0.39 is 4.92 Å². The molecule has 0 atom stereocenters. The second-order valence-corrected chi connectivity index (χ2v) is 6.95. The third-order valence-electron chi connectivity index (χ3n) is 1.44. The van der Waals surface area contributed by atoms with Crippen molar-refractivity contribution in [1.29, 1.82) is 0 Å². The Kier molecular flexibility index (Phi) is 5.39. The van der Waals surface area contributed by atoms with Gasteiger partial charge in [0.2, 0.25) is 0 Å². The molecule has 0 saturated carbocycles. The Morgan fingerprint density at radius 1 is 1.19 bits per heavy atom. The minimum absolute atomic E-state index is 0.139. The molecule has 0 saturated heterocycles. The Balaban J connectivity index is 0.000000165. The minimum atomic E-state index is -0.416. The van der Waals surface area contributed by atoms with Crippen LogP contribution in [0.3, 0.4) is 0 Å². The number of nitrogen functional groups attached to an aromatic ring is 1. The van der Waals surface area contributed by atoms with Crippen LogP contribution in [0.15, 0.2) is 30.5 Å². The van der Waals surface area contributed by atoms with Gasteiger partial charge in [-0.1, -0.05) is 0 Å². The van der Waals surface area contributed by atoms with Gasteiger partial charge in [-0.25, -0.2) is 0 Å². The van der Waals surface area contributed by atoms with Crippen LogP contribution in [0, 0.1) is 10.1 Å². The van der Waals surface area contributed by atoms with Crippen LogP contribution in [-0.2, 0) is 0 Å². The first-order chi connectivity index (χ1) is 7.52. The summed E-state index contributed by atoms with van der Waals surface area (Å²) in [7, 11) is 0. The summed E-state index contributed by atoms with van der Waals surface area (Å²) in [6.07, 6.45) is 0. The molecule has 0 radical (unpaired) electrons. The SMILES string of the molecule is Nc1ccsc1Br.O=[N+]([O-])c1ccsc1Br. The molecule has 0 fully saturated rings. The van der Waals surface area contributed by atoms with Crippen molar-refractivity contribution in [2.45, 2.75) is 0 Å². The van der Waals surface area contributed by atoms with Crippen molar-refractivity contribution >= 4 is 65.9 Å². The van der Waals surface area contributed by atoms with Gasteiger partial charge in [0.1, 0.15) is 3.79 Å². The highest BCUT2D eigenvalue weighted by molar-refractivity contribution is 9.11. The topological polar surface area (TPSA) is 69.2 Å². The van der Waals surface area contributed by atoms with Crippen LogP contribution in [0.2, 0.25) is 0 Å². The molecule has 86 valence electrons. The van der Waals surface area contributed by atoms with E-state index in [0.29, 0.717) is 3.79 Å². The molecule has 4 nitrogen and oxygen atoms in total. The first kappa shape index (κ1) is 13.6. The zero-order valence-electron chi connectivity index (χ0n) is 7.72. The lowest BCUT2D eigenvalue weighted by Crippen LogP contribution is -1.83. The second-order valence-electron chi connectivity index (χ2n) is 2.49. The van der Waals surface area contributed by atoms with Crippen molar-refractivity contribution in [2.75, 3.05) is 5.73 Å². The number of hydrogen-bond donors (Lipinski definition) is 1. The predicted molar refractivity (Wildman–Crippen MR) is 75.1 cm³/mol. The highest BCUT2D eigenvalue weighted by atomic mass is 79.9. The molecule has 0 aliphatic heterocycles. The fourth-order valence-corrected chi connectivity index (χ4v) is 2.89. The molecule has 0 unspecified atom stereocenters. The minimum Gasteiger partial charge on any atom is -0.397 e.